The van der Waals surface area contributed by atoms with Gasteiger partial charge in [0.15, 0.2) is 0 Å². The molecule has 9 heteroatoms. The lowest BCUT2D eigenvalue weighted by Crippen LogP contribution is -2.48. The lowest BCUT2D eigenvalue weighted by molar-refractivity contribution is -0.141. The minimum atomic E-state index is -0.838. The second-order valence-electron chi connectivity index (χ2n) is 9.90. The number of nitrogens with zero attached hydrogens (tertiary/aromatic N) is 3. The van der Waals surface area contributed by atoms with Gasteiger partial charge in [0.25, 0.3) is 10.9 Å². The Labute approximate surface area is 220 Å². The summed E-state index contributed by atoms with van der Waals surface area (Å²) in [6.45, 7) is 5.98. The van der Waals surface area contributed by atoms with Crippen molar-refractivity contribution < 1.29 is 14.3 Å². The second-order valence-corrected chi connectivity index (χ2v) is 9.90. The van der Waals surface area contributed by atoms with E-state index >= 15 is 0 Å². The molecule has 0 radical (unpaired) electrons. The summed E-state index contributed by atoms with van der Waals surface area (Å²) >= 11 is 0. The Bertz CT molecular complexity index is 1550. The molecule has 38 heavy (non-hydrogen) atoms. The first-order valence-corrected chi connectivity index (χ1v) is 12.7. The first-order valence-electron chi connectivity index (χ1n) is 12.7. The Morgan fingerprint density at radius 1 is 1.11 bits per heavy atom. The maximum Gasteiger partial charge on any atom is 0.328 e. The summed E-state index contributed by atoms with van der Waals surface area (Å²) in [5.74, 6) is 0.532. The van der Waals surface area contributed by atoms with Gasteiger partial charge in [-0.1, -0.05) is 12.1 Å². The number of carbonyl (C=O) groups is 1. The van der Waals surface area contributed by atoms with Crippen LogP contribution in [0.3, 0.4) is 0 Å². The summed E-state index contributed by atoms with van der Waals surface area (Å²) in [5.41, 5.74) is 1.11. The number of aromatic nitrogens is 2. The molecule has 1 fully saturated rings. The van der Waals surface area contributed by atoms with Gasteiger partial charge in [-0.15, -0.1) is 0 Å². The van der Waals surface area contributed by atoms with E-state index < -0.39 is 22.9 Å². The van der Waals surface area contributed by atoms with Crippen molar-refractivity contribution in [3.05, 3.63) is 80.5 Å². The Hall–Kier alpha value is -4.27. The van der Waals surface area contributed by atoms with Crippen LogP contribution in [-0.4, -0.2) is 41.2 Å². The molecule has 3 atom stereocenters. The van der Waals surface area contributed by atoms with E-state index in [1.54, 1.807) is 24.5 Å². The number of rotatable bonds is 8. The van der Waals surface area contributed by atoms with Crippen molar-refractivity contribution in [1.82, 2.24) is 9.97 Å². The van der Waals surface area contributed by atoms with E-state index in [4.69, 9.17) is 9.47 Å². The molecular formula is C29H30N4O5. The van der Waals surface area contributed by atoms with E-state index in [0.29, 0.717) is 17.3 Å². The minimum Gasteiger partial charge on any atom is -0.467 e. The van der Waals surface area contributed by atoms with Crippen LogP contribution in [0, 0.1) is 6.92 Å². The van der Waals surface area contributed by atoms with E-state index in [1.165, 1.54) is 7.11 Å². The van der Waals surface area contributed by atoms with E-state index in [2.05, 4.69) is 15.3 Å². The van der Waals surface area contributed by atoms with Gasteiger partial charge < -0.3 is 19.7 Å². The first kappa shape index (κ1) is 25.4. The molecule has 1 aliphatic heterocycles. The number of methoxy groups -OCH3 is 1. The zero-order chi connectivity index (χ0) is 27.0. The number of fused-ring (bicyclic) bond motifs is 1. The normalized spacial score (nSPS) is 18.1. The molecule has 0 amide bonds. The van der Waals surface area contributed by atoms with Crippen LogP contribution in [-0.2, 0) is 16.0 Å². The number of pyridine rings is 2. The van der Waals surface area contributed by atoms with Crippen molar-refractivity contribution in [1.29, 1.82) is 0 Å². The largest absolute Gasteiger partial charge is 0.467 e. The Balaban J connectivity index is 1.35. The van der Waals surface area contributed by atoms with Gasteiger partial charge in [-0.2, -0.15) is 0 Å². The third-order valence-corrected chi connectivity index (χ3v) is 7.20. The molecule has 1 N–H and O–H groups in total. The van der Waals surface area contributed by atoms with Crippen molar-refractivity contribution in [3.8, 4) is 11.6 Å². The SMILES string of the molecule is COC(=O)[C@H](Cc1ccc(Oc2nc(C)cc3ccncc23)cc1)Nc1c(N2[C@H](C)CC[C@H]2C)c(=O)c1=O. The predicted octanol–water partition coefficient (Wildman–Crippen LogP) is 3.90. The summed E-state index contributed by atoms with van der Waals surface area (Å²) in [6, 6.07) is 10.6. The number of nitrogens with one attached hydrogen (secondary N) is 1. The molecule has 0 aliphatic carbocycles. The average molecular weight is 515 g/mol. The lowest BCUT2D eigenvalue weighted by Gasteiger charge is -2.32. The molecule has 3 heterocycles. The molecule has 5 rings (SSSR count). The van der Waals surface area contributed by atoms with Gasteiger partial charge in [-0.05, 0) is 68.8 Å². The quantitative estimate of drug-likeness (QED) is 0.276. The van der Waals surface area contributed by atoms with Gasteiger partial charge in [-0.25, -0.2) is 9.78 Å². The highest BCUT2D eigenvalue weighted by Crippen LogP contribution is 2.33. The molecular weight excluding hydrogens is 484 g/mol. The van der Waals surface area contributed by atoms with Gasteiger partial charge in [0.2, 0.25) is 5.88 Å². The molecule has 2 aromatic carbocycles. The molecule has 0 unspecified atom stereocenters. The van der Waals surface area contributed by atoms with Crippen LogP contribution in [0.5, 0.6) is 11.6 Å². The molecule has 0 bridgehead atoms. The number of carbonyl (C=O) groups excluding carboxylic acids is 1. The van der Waals surface area contributed by atoms with Crippen molar-refractivity contribution in [2.45, 2.75) is 58.2 Å². The third-order valence-electron chi connectivity index (χ3n) is 7.20. The number of anilines is 2. The summed E-state index contributed by atoms with van der Waals surface area (Å²) in [7, 11) is 1.30. The van der Waals surface area contributed by atoms with E-state index in [0.717, 1.165) is 34.9 Å². The van der Waals surface area contributed by atoms with Crippen LogP contribution in [0.1, 0.15) is 37.9 Å². The summed E-state index contributed by atoms with van der Waals surface area (Å²) in [4.78, 5) is 48.3. The van der Waals surface area contributed by atoms with Crippen LogP contribution in [0.2, 0.25) is 0 Å². The van der Waals surface area contributed by atoms with E-state index in [-0.39, 0.29) is 24.2 Å². The minimum absolute atomic E-state index is 0.147. The molecule has 2 aromatic heterocycles. The fraction of sp³-hybridized carbons (Fsp3) is 0.345. The van der Waals surface area contributed by atoms with Gasteiger partial charge in [0.05, 0.1) is 12.5 Å². The second kappa shape index (κ2) is 10.2. The van der Waals surface area contributed by atoms with E-state index in [9.17, 15) is 14.4 Å². The highest BCUT2D eigenvalue weighted by molar-refractivity contribution is 5.86. The highest BCUT2D eigenvalue weighted by atomic mass is 16.5. The molecule has 0 spiro atoms. The van der Waals surface area contributed by atoms with Crippen molar-refractivity contribution in [2.24, 2.45) is 0 Å². The van der Waals surface area contributed by atoms with Crippen LogP contribution in [0.4, 0.5) is 11.4 Å². The average Bonchev–Trinajstić information content (AvgIpc) is 3.24. The number of esters is 1. The Morgan fingerprint density at radius 3 is 2.50 bits per heavy atom. The van der Waals surface area contributed by atoms with Crippen LogP contribution < -0.4 is 25.8 Å². The van der Waals surface area contributed by atoms with Gasteiger partial charge in [0.1, 0.15) is 23.2 Å². The molecule has 0 saturated carbocycles. The zero-order valence-corrected chi connectivity index (χ0v) is 21.9. The van der Waals surface area contributed by atoms with Gasteiger partial charge in [-0.3, -0.25) is 14.6 Å². The summed E-state index contributed by atoms with van der Waals surface area (Å²) in [5, 5.41) is 4.82. The lowest BCUT2D eigenvalue weighted by atomic mass is 10.0. The van der Waals surface area contributed by atoms with Crippen molar-refractivity contribution in [2.75, 3.05) is 17.3 Å². The number of hydrogen-bond donors (Lipinski definition) is 1. The Morgan fingerprint density at radius 2 is 1.82 bits per heavy atom. The van der Waals surface area contributed by atoms with Gasteiger partial charge in [0, 0.05) is 36.6 Å². The molecule has 1 aliphatic rings. The first-order chi connectivity index (χ1) is 18.3. The number of benzene rings is 1. The topological polar surface area (TPSA) is 111 Å². The number of ether oxygens (including phenoxy) is 2. The van der Waals surface area contributed by atoms with Crippen LogP contribution in [0.15, 0.2) is 58.4 Å². The maximum absolute atomic E-state index is 12.6. The summed E-state index contributed by atoms with van der Waals surface area (Å²) < 4.78 is 11.1. The smallest absolute Gasteiger partial charge is 0.328 e. The number of aryl methyl sites for hydroxylation is 1. The zero-order valence-electron chi connectivity index (χ0n) is 21.9. The fourth-order valence-corrected chi connectivity index (χ4v) is 5.21. The molecule has 9 nitrogen and oxygen atoms in total. The third kappa shape index (κ3) is 4.71. The number of hydrogen-bond acceptors (Lipinski definition) is 9. The molecule has 196 valence electrons. The molecule has 1 saturated heterocycles. The molecule has 4 aromatic rings. The fourth-order valence-electron chi connectivity index (χ4n) is 5.21. The standard InChI is InChI=1S/C29H30N4O5/c1-16-13-20-11-12-30-15-22(20)28(31-16)38-21-9-7-19(8-10-21)14-23(29(36)37-4)32-24-25(27(35)26(24)34)33-17(2)5-6-18(33)3/h7-13,15,17-18,23,32H,5-6,14H2,1-4H3/t17-,18-,23+/m1/s1. The Kier molecular flexibility index (Phi) is 6.84. The monoisotopic (exact) mass is 514 g/mol. The van der Waals surface area contributed by atoms with E-state index in [1.807, 2.05) is 49.9 Å². The van der Waals surface area contributed by atoms with Crippen LogP contribution >= 0.6 is 0 Å². The summed E-state index contributed by atoms with van der Waals surface area (Å²) in [6.07, 6.45) is 5.59. The van der Waals surface area contributed by atoms with Gasteiger partial charge >= 0.3 is 5.97 Å². The van der Waals surface area contributed by atoms with Crippen LogP contribution in [0.25, 0.3) is 10.8 Å². The predicted molar refractivity (Wildman–Crippen MR) is 146 cm³/mol. The van der Waals surface area contributed by atoms with Crippen molar-refractivity contribution >= 4 is 28.1 Å². The maximum atomic E-state index is 12.6. The highest BCUT2D eigenvalue weighted by Gasteiger charge is 2.36. The van der Waals surface area contributed by atoms with Crippen molar-refractivity contribution in [3.63, 3.8) is 0 Å².